The minimum atomic E-state index is -0.906. The van der Waals surface area contributed by atoms with Crippen LogP contribution in [0.5, 0.6) is 0 Å². The molecule has 1 aromatic carbocycles. The summed E-state index contributed by atoms with van der Waals surface area (Å²) in [5.74, 6) is -2.28. The standard InChI is InChI=1S/C45H76N8O7/c1-11-31(6)36(22-23-38(55)53-25-17-20-35(53)26-32(7)42(57)49-33(8)27-34-18-13-12-14-19-34)51(9)44(59)40(29(2)3)50-43(58)41(30(4)5)52(10)39(56)28-48-37(54)21-15-16-24-47-45(46)60/h12-14,18-19,29-33,35-36,40-41H,11,15-17,20-28H2,1-10H3,(H,48,54)(H,49,57)(H,50,58)(H3,46,47,60)/t31-,32+,33+,35-,36+,40?,41-/m0/s1. The van der Waals surface area contributed by atoms with Crippen LogP contribution in [0.15, 0.2) is 30.3 Å². The van der Waals surface area contributed by atoms with Crippen LogP contribution in [-0.4, -0.2) is 120 Å². The number of carbonyl (C=O) groups is 7. The van der Waals surface area contributed by atoms with Crippen molar-refractivity contribution < 1.29 is 33.6 Å². The molecule has 338 valence electrons. The highest BCUT2D eigenvalue weighted by molar-refractivity contribution is 5.93. The molecule has 0 aromatic heterocycles. The van der Waals surface area contributed by atoms with Crippen molar-refractivity contribution in [3.05, 3.63) is 35.9 Å². The zero-order chi connectivity index (χ0) is 45.1. The topological polar surface area (TPSA) is 203 Å². The van der Waals surface area contributed by atoms with Gasteiger partial charge in [0.2, 0.25) is 35.4 Å². The van der Waals surface area contributed by atoms with E-state index in [-0.39, 0.29) is 84.8 Å². The molecule has 15 heteroatoms. The van der Waals surface area contributed by atoms with E-state index in [1.165, 1.54) is 11.9 Å². The van der Waals surface area contributed by atoms with Crippen LogP contribution in [0.25, 0.3) is 0 Å². The maximum Gasteiger partial charge on any atom is 0.312 e. The van der Waals surface area contributed by atoms with E-state index >= 15 is 0 Å². The lowest BCUT2D eigenvalue weighted by Crippen LogP contribution is -2.59. The zero-order valence-electron chi connectivity index (χ0n) is 38.1. The van der Waals surface area contributed by atoms with Gasteiger partial charge in [0.25, 0.3) is 0 Å². The third-order valence-corrected chi connectivity index (χ3v) is 11.9. The largest absolute Gasteiger partial charge is 0.353 e. The Hall–Kier alpha value is -4.69. The summed E-state index contributed by atoms with van der Waals surface area (Å²) in [5, 5.41) is 11.2. The number of nitrogens with one attached hydrogen (secondary N) is 4. The molecule has 1 aromatic rings. The van der Waals surface area contributed by atoms with Gasteiger partial charge in [0.1, 0.15) is 12.1 Å². The van der Waals surface area contributed by atoms with Gasteiger partial charge in [0.15, 0.2) is 0 Å². The van der Waals surface area contributed by atoms with E-state index in [1.54, 1.807) is 11.9 Å². The average Bonchev–Trinajstić information content (AvgIpc) is 3.66. The lowest BCUT2D eigenvalue weighted by atomic mass is 9.91. The average molecular weight is 841 g/mol. The number of carbonyl (C=O) groups excluding carboxylic acids is 7. The predicted octanol–water partition coefficient (Wildman–Crippen LogP) is 3.98. The summed E-state index contributed by atoms with van der Waals surface area (Å²) < 4.78 is 0. The van der Waals surface area contributed by atoms with E-state index in [4.69, 9.17) is 5.73 Å². The third kappa shape index (κ3) is 16.8. The minimum Gasteiger partial charge on any atom is -0.353 e. The van der Waals surface area contributed by atoms with Gasteiger partial charge in [0.05, 0.1) is 6.54 Å². The van der Waals surface area contributed by atoms with Crippen LogP contribution >= 0.6 is 0 Å². The number of unbranched alkanes of at least 4 members (excludes halogenated alkanes) is 1. The molecule has 1 saturated heterocycles. The van der Waals surface area contributed by atoms with Gasteiger partial charge in [-0.1, -0.05) is 85.2 Å². The maximum atomic E-state index is 14.3. The number of nitrogens with two attached hydrogens (primary N) is 1. The smallest absolute Gasteiger partial charge is 0.312 e. The Bertz CT molecular complexity index is 1560. The first kappa shape index (κ1) is 51.5. The molecule has 0 aliphatic carbocycles. The number of urea groups is 1. The highest BCUT2D eigenvalue weighted by Crippen LogP contribution is 2.27. The summed E-state index contributed by atoms with van der Waals surface area (Å²) >= 11 is 0. The van der Waals surface area contributed by atoms with Gasteiger partial charge in [-0.25, -0.2) is 4.79 Å². The van der Waals surface area contributed by atoms with Gasteiger partial charge in [-0.05, 0) is 75.2 Å². The van der Waals surface area contributed by atoms with E-state index in [0.717, 1.165) is 31.2 Å². The minimum absolute atomic E-state index is 0.0103. The highest BCUT2D eigenvalue weighted by Gasteiger charge is 2.38. The van der Waals surface area contributed by atoms with Crippen LogP contribution in [0.2, 0.25) is 0 Å². The normalized spacial score (nSPS) is 16.9. The highest BCUT2D eigenvalue weighted by atomic mass is 16.2. The van der Waals surface area contributed by atoms with Crippen molar-refractivity contribution >= 4 is 41.5 Å². The van der Waals surface area contributed by atoms with Crippen LogP contribution in [0.1, 0.15) is 119 Å². The molecule has 8 amide bonds. The molecule has 1 heterocycles. The fourth-order valence-corrected chi connectivity index (χ4v) is 8.10. The van der Waals surface area contributed by atoms with Crippen LogP contribution in [-0.2, 0) is 35.2 Å². The van der Waals surface area contributed by atoms with Crippen molar-refractivity contribution in [3.63, 3.8) is 0 Å². The number of hydrogen-bond donors (Lipinski definition) is 5. The van der Waals surface area contributed by atoms with Gasteiger partial charge in [-0.3, -0.25) is 28.8 Å². The Balaban J connectivity index is 2.03. The fourth-order valence-electron chi connectivity index (χ4n) is 8.10. The van der Waals surface area contributed by atoms with Crippen LogP contribution in [0.4, 0.5) is 4.79 Å². The number of rotatable bonds is 25. The number of likely N-dealkylation sites (tertiary alicyclic amines) is 1. The van der Waals surface area contributed by atoms with Crippen molar-refractivity contribution in [2.24, 2.45) is 29.4 Å². The molecule has 0 spiro atoms. The molecule has 6 N–H and O–H groups in total. The van der Waals surface area contributed by atoms with E-state index in [9.17, 15) is 33.6 Å². The first-order valence-corrected chi connectivity index (χ1v) is 22.0. The summed E-state index contributed by atoms with van der Waals surface area (Å²) in [4.78, 5) is 96.3. The summed E-state index contributed by atoms with van der Waals surface area (Å²) in [7, 11) is 3.24. The Morgan fingerprint density at radius 1 is 0.833 bits per heavy atom. The zero-order valence-corrected chi connectivity index (χ0v) is 38.1. The maximum absolute atomic E-state index is 14.3. The lowest BCUT2D eigenvalue weighted by molar-refractivity contribution is -0.144. The first-order valence-electron chi connectivity index (χ1n) is 22.0. The summed E-state index contributed by atoms with van der Waals surface area (Å²) in [5.41, 5.74) is 6.21. The van der Waals surface area contributed by atoms with E-state index in [0.29, 0.717) is 38.8 Å². The van der Waals surface area contributed by atoms with Gasteiger partial charge < -0.3 is 41.7 Å². The Morgan fingerprint density at radius 3 is 2.10 bits per heavy atom. The van der Waals surface area contributed by atoms with Crippen molar-refractivity contribution in [2.45, 2.75) is 150 Å². The van der Waals surface area contributed by atoms with Gasteiger partial charge >= 0.3 is 6.03 Å². The van der Waals surface area contributed by atoms with Crippen molar-refractivity contribution in [1.29, 1.82) is 0 Å². The number of nitrogens with zero attached hydrogens (tertiary/aromatic N) is 3. The molecule has 1 aliphatic heterocycles. The molecular formula is C45H76N8O7. The molecule has 0 radical (unpaired) electrons. The van der Waals surface area contributed by atoms with Gasteiger partial charge in [-0.15, -0.1) is 0 Å². The molecule has 60 heavy (non-hydrogen) atoms. The van der Waals surface area contributed by atoms with Crippen molar-refractivity contribution in [3.8, 4) is 0 Å². The second kappa shape index (κ2) is 25.8. The second-order valence-corrected chi connectivity index (χ2v) is 17.5. The molecule has 1 aliphatic rings. The molecule has 7 atom stereocenters. The third-order valence-electron chi connectivity index (χ3n) is 11.9. The van der Waals surface area contributed by atoms with Crippen LogP contribution in [0, 0.1) is 23.7 Å². The molecule has 0 bridgehead atoms. The van der Waals surface area contributed by atoms with E-state index < -0.39 is 29.9 Å². The molecule has 15 nitrogen and oxygen atoms in total. The molecule has 0 saturated carbocycles. The molecule has 2 rings (SSSR count). The van der Waals surface area contributed by atoms with Crippen LogP contribution < -0.4 is 27.0 Å². The Labute approximate surface area is 359 Å². The number of amides is 8. The van der Waals surface area contributed by atoms with E-state index in [1.807, 2.05) is 64.6 Å². The number of hydrogen-bond acceptors (Lipinski definition) is 7. The summed E-state index contributed by atoms with van der Waals surface area (Å²) in [6, 6.07) is 7.33. The fraction of sp³-hybridized carbons (Fsp3) is 0.711. The monoisotopic (exact) mass is 841 g/mol. The first-order chi connectivity index (χ1) is 28.3. The Kier molecular flexibility index (Phi) is 22.1. The summed E-state index contributed by atoms with van der Waals surface area (Å²) in [6.45, 7) is 16.1. The Morgan fingerprint density at radius 2 is 1.50 bits per heavy atom. The summed E-state index contributed by atoms with van der Waals surface area (Å²) in [6.07, 6.45) is 5.75. The predicted molar refractivity (Wildman–Crippen MR) is 234 cm³/mol. The number of benzene rings is 1. The van der Waals surface area contributed by atoms with Gasteiger partial charge in [-0.2, -0.15) is 0 Å². The van der Waals surface area contributed by atoms with Crippen LogP contribution in [0.3, 0.4) is 0 Å². The SMILES string of the molecule is CC[C@H](C)[C@@H](CCC(=O)N1CCC[C@H]1C[C@@H](C)C(=O)N[C@H](C)Cc1ccccc1)N(C)C(=O)C(NC(=O)[C@H](C(C)C)N(C)C(=O)CNC(=O)CCCCNC(N)=O)C(C)C. The molecular weight excluding hydrogens is 765 g/mol. The second-order valence-electron chi connectivity index (χ2n) is 17.5. The number of primary amides is 1. The van der Waals surface area contributed by atoms with E-state index in [2.05, 4.69) is 47.2 Å². The quantitative estimate of drug-likeness (QED) is 0.0916. The van der Waals surface area contributed by atoms with Gasteiger partial charge in [0, 0.05) is 64.1 Å². The lowest BCUT2D eigenvalue weighted by Gasteiger charge is -2.37. The van der Waals surface area contributed by atoms with Crippen molar-refractivity contribution in [1.82, 2.24) is 36.0 Å². The molecule has 1 fully saturated rings. The number of likely N-dealkylation sites (N-methyl/N-ethyl adjacent to an activating group) is 2. The molecule has 1 unspecified atom stereocenters. The van der Waals surface area contributed by atoms with Crippen molar-refractivity contribution in [2.75, 3.05) is 33.7 Å².